The van der Waals surface area contributed by atoms with Crippen LogP contribution in [0.3, 0.4) is 0 Å². The molecular formula is C16H18N2O5S. The third-order valence-electron chi connectivity index (χ3n) is 3.74. The van der Waals surface area contributed by atoms with Gasteiger partial charge in [-0.25, -0.2) is 9.59 Å². The number of thioether (sulfide) groups is 1. The number of nitrogens with one attached hydrogen (secondary N) is 2. The van der Waals surface area contributed by atoms with Gasteiger partial charge in [0.1, 0.15) is 6.61 Å². The fraction of sp³-hybridized carbons (Fsp3) is 0.375. The molecule has 2 aliphatic heterocycles. The minimum absolute atomic E-state index is 0.163. The molecule has 0 saturated carbocycles. The van der Waals surface area contributed by atoms with Crippen LogP contribution in [0.15, 0.2) is 29.5 Å². The summed E-state index contributed by atoms with van der Waals surface area (Å²) in [5, 5.41) is 5.39. The van der Waals surface area contributed by atoms with Gasteiger partial charge in [0.15, 0.2) is 11.5 Å². The Labute approximate surface area is 143 Å². The molecule has 0 bridgehead atoms. The van der Waals surface area contributed by atoms with E-state index in [0.717, 1.165) is 5.56 Å². The number of ether oxygens (including phenoxy) is 3. The Balaban J connectivity index is 1.89. The minimum atomic E-state index is -0.602. The number of esters is 1. The average molecular weight is 350 g/mol. The van der Waals surface area contributed by atoms with Crippen LogP contribution in [-0.4, -0.2) is 37.4 Å². The first kappa shape index (κ1) is 16.5. The van der Waals surface area contributed by atoms with Crippen molar-refractivity contribution in [2.45, 2.75) is 13.0 Å². The number of hydrogen-bond donors (Lipinski definition) is 2. The van der Waals surface area contributed by atoms with E-state index in [4.69, 9.17) is 14.2 Å². The summed E-state index contributed by atoms with van der Waals surface area (Å²) >= 11 is 1.59. The van der Waals surface area contributed by atoms with Crippen LogP contribution in [0.25, 0.3) is 0 Å². The first-order valence-electron chi connectivity index (χ1n) is 7.44. The molecule has 8 heteroatoms. The number of benzene rings is 1. The van der Waals surface area contributed by atoms with Crippen molar-refractivity contribution < 1.29 is 23.8 Å². The van der Waals surface area contributed by atoms with Gasteiger partial charge in [-0.1, -0.05) is 6.07 Å². The van der Waals surface area contributed by atoms with E-state index in [-0.39, 0.29) is 12.8 Å². The lowest BCUT2D eigenvalue weighted by molar-refractivity contribution is -0.138. The van der Waals surface area contributed by atoms with Crippen LogP contribution in [0, 0.1) is 0 Å². The molecule has 2 heterocycles. The van der Waals surface area contributed by atoms with Gasteiger partial charge in [-0.2, -0.15) is 11.8 Å². The van der Waals surface area contributed by atoms with E-state index in [0.29, 0.717) is 35.1 Å². The highest BCUT2D eigenvalue weighted by Gasteiger charge is 2.33. The zero-order chi connectivity index (χ0) is 17.1. The number of allylic oxidation sites excluding steroid dienone is 1. The lowest BCUT2D eigenvalue weighted by atomic mass is 9.95. The van der Waals surface area contributed by atoms with Gasteiger partial charge < -0.3 is 24.8 Å². The van der Waals surface area contributed by atoms with Crippen molar-refractivity contribution in [1.29, 1.82) is 0 Å². The highest BCUT2D eigenvalue weighted by molar-refractivity contribution is 7.98. The third kappa shape index (κ3) is 3.28. The Bertz CT molecular complexity index is 704. The second kappa shape index (κ2) is 7.04. The lowest BCUT2D eigenvalue weighted by Crippen LogP contribution is -2.45. The normalized spacial score (nSPS) is 18.9. The van der Waals surface area contributed by atoms with E-state index in [9.17, 15) is 9.59 Å². The van der Waals surface area contributed by atoms with Gasteiger partial charge in [0, 0.05) is 11.4 Å². The maximum absolute atomic E-state index is 12.5. The molecule has 0 fully saturated rings. The van der Waals surface area contributed by atoms with Gasteiger partial charge >= 0.3 is 12.0 Å². The Hall–Kier alpha value is -2.35. The van der Waals surface area contributed by atoms with Crippen LogP contribution in [0.1, 0.15) is 18.5 Å². The number of hydrogen-bond acceptors (Lipinski definition) is 6. The first-order chi connectivity index (χ1) is 11.6. The number of rotatable bonds is 5. The molecule has 7 nitrogen and oxygen atoms in total. The molecule has 0 spiro atoms. The lowest BCUT2D eigenvalue weighted by Gasteiger charge is -2.28. The van der Waals surface area contributed by atoms with Crippen molar-refractivity contribution in [3.63, 3.8) is 0 Å². The molecule has 0 aliphatic carbocycles. The van der Waals surface area contributed by atoms with E-state index < -0.39 is 12.0 Å². The Morgan fingerprint density at radius 2 is 2.17 bits per heavy atom. The fourth-order valence-electron chi connectivity index (χ4n) is 2.60. The zero-order valence-electron chi connectivity index (χ0n) is 13.4. The fourth-order valence-corrected chi connectivity index (χ4v) is 2.85. The van der Waals surface area contributed by atoms with Gasteiger partial charge in [-0.15, -0.1) is 0 Å². The van der Waals surface area contributed by atoms with E-state index >= 15 is 0 Å². The third-order valence-corrected chi connectivity index (χ3v) is 4.31. The van der Waals surface area contributed by atoms with Gasteiger partial charge in [0.25, 0.3) is 0 Å². The van der Waals surface area contributed by atoms with Crippen molar-refractivity contribution in [3.8, 4) is 11.5 Å². The quantitative estimate of drug-likeness (QED) is 0.624. The second-order valence-corrected chi connectivity index (χ2v) is 6.30. The summed E-state index contributed by atoms with van der Waals surface area (Å²) in [6.07, 6.45) is 1.94. The second-order valence-electron chi connectivity index (χ2n) is 5.31. The summed E-state index contributed by atoms with van der Waals surface area (Å²) in [5.74, 6) is 1.50. The van der Waals surface area contributed by atoms with Crippen molar-refractivity contribution in [2.75, 3.05) is 25.4 Å². The van der Waals surface area contributed by atoms with E-state index in [1.807, 2.05) is 6.26 Å². The van der Waals surface area contributed by atoms with E-state index in [1.54, 1.807) is 36.9 Å². The predicted molar refractivity (Wildman–Crippen MR) is 89.0 cm³/mol. The summed E-state index contributed by atoms with van der Waals surface area (Å²) in [5.41, 5.74) is 1.59. The summed E-state index contributed by atoms with van der Waals surface area (Å²) in [4.78, 5) is 24.3. The zero-order valence-corrected chi connectivity index (χ0v) is 14.2. The van der Waals surface area contributed by atoms with Crippen molar-refractivity contribution in [1.82, 2.24) is 10.6 Å². The molecule has 2 aliphatic rings. The van der Waals surface area contributed by atoms with Crippen LogP contribution >= 0.6 is 11.8 Å². The van der Waals surface area contributed by atoms with Gasteiger partial charge in [0.2, 0.25) is 6.79 Å². The molecule has 0 radical (unpaired) electrons. The average Bonchev–Trinajstić information content (AvgIpc) is 3.01. The Morgan fingerprint density at radius 1 is 1.38 bits per heavy atom. The number of amides is 2. The monoisotopic (exact) mass is 350 g/mol. The highest BCUT2D eigenvalue weighted by Crippen LogP contribution is 2.36. The van der Waals surface area contributed by atoms with Crippen LogP contribution in [0.2, 0.25) is 0 Å². The van der Waals surface area contributed by atoms with Crippen molar-refractivity contribution in [3.05, 3.63) is 35.0 Å². The summed E-state index contributed by atoms with van der Waals surface area (Å²) in [6, 6.07) is 4.36. The summed E-state index contributed by atoms with van der Waals surface area (Å²) in [7, 11) is 0. The van der Waals surface area contributed by atoms with Crippen LogP contribution in [0.5, 0.6) is 11.5 Å². The Morgan fingerprint density at radius 3 is 2.96 bits per heavy atom. The predicted octanol–water partition coefficient (Wildman–Crippen LogP) is 1.95. The highest BCUT2D eigenvalue weighted by atomic mass is 32.2. The topological polar surface area (TPSA) is 85.9 Å². The molecule has 2 amide bonds. The number of urea groups is 1. The summed E-state index contributed by atoms with van der Waals surface area (Å²) < 4.78 is 16.0. The van der Waals surface area contributed by atoms with Gasteiger partial charge in [-0.3, -0.25) is 0 Å². The molecule has 24 heavy (non-hydrogen) atoms. The van der Waals surface area contributed by atoms with E-state index in [1.165, 1.54) is 0 Å². The molecule has 0 saturated heterocycles. The van der Waals surface area contributed by atoms with Gasteiger partial charge in [0.05, 0.1) is 11.6 Å². The Kier molecular flexibility index (Phi) is 4.84. The number of carbonyl (C=O) groups is 2. The van der Waals surface area contributed by atoms with Crippen LogP contribution in [0.4, 0.5) is 4.79 Å². The van der Waals surface area contributed by atoms with E-state index in [2.05, 4.69) is 10.6 Å². The van der Waals surface area contributed by atoms with Gasteiger partial charge in [-0.05, 0) is 30.9 Å². The number of fused-ring (bicyclic) bond motifs is 1. The first-order valence-corrected chi connectivity index (χ1v) is 8.83. The maximum atomic E-state index is 12.5. The summed E-state index contributed by atoms with van der Waals surface area (Å²) in [6.45, 7) is 2.16. The minimum Gasteiger partial charge on any atom is -0.461 e. The molecule has 0 unspecified atom stereocenters. The molecular weight excluding hydrogens is 332 g/mol. The largest absolute Gasteiger partial charge is 0.461 e. The molecule has 0 aromatic heterocycles. The van der Waals surface area contributed by atoms with Crippen LogP contribution in [-0.2, 0) is 9.53 Å². The maximum Gasteiger partial charge on any atom is 0.338 e. The molecule has 128 valence electrons. The smallest absolute Gasteiger partial charge is 0.338 e. The molecule has 1 aromatic rings. The number of carbonyl (C=O) groups excluding carboxylic acids is 2. The molecule has 1 aromatic carbocycles. The van der Waals surface area contributed by atoms with Crippen molar-refractivity contribution >= 4 is 23.8 Å². The molecule has 1 atom stereocenters. The van der Waals surface area contributed by atoms with Crippen molar-refractivity contribution in [2.24, 2.45) is 0 Å². The standard InChI is InChI=1S/C16H18N2O5S/c1-9-13(15(19)21-5-6-24-2)14(18-16(20)17-9)10-3-4-11-12(7-10)23-8-22-11/h3-4,7,14H,5-6,8H2,1-2H3,(H2,17,18,20)/t14-/m0/s1. The SMILES string of the molecule is CSCCOC(=O)C1=C(C)NC(=O)N[C@H]1c1ccc2c(c1)OCO2. The molecule has 2 N–H and O–H groups in total. The molecule has 3 rings (SSSR count). The van der Waals surface area contributed by atoms with Crippen LogP contribution < -0.4 is 20.1 Å².